The van der Waals surface area contributed by atoms with E-state index < -0.39 is 0 Å². The zero-order valence-electron chi connectivity index (χ0n) is 9.19. The van der Waals surface area contributed by atoms with Crippen LogP contribution in [0.3, 0.4) is 0 Å². The van der Waals surface area contributed by atoms with Crippen molar-refractivity contribution in [3.8, 4) is 11.8 Å². The van der Waals surface area contributed by atoms with E-state index in [2.05, 4.69) is 0 Å². The monoisotopic (exact) mass is 223 g/mol. The van der Waals surface area contributed by atoms with Gasteiger partial charge in [-0.15, -0.1) is 0 Å². The van der Waals surface area contributed by atoms with Gasteiger partial charge in [-0.05, 0) is 13.0 Å². The van der Waals surface area contributed by atoms with Gasteiger partial charge in [0.05, 0.1) is 0 Å². The second kappa shape index (κ2) is 3.26. The highest BCUT2D eigenvalue weighted by molar-refractivity contribution is 6.08. The number of phenolic OH excluding ortho intramolecular Hbond substituents is 1. The molecule has 82 valence electrons. The van der Waals surface area contributed by atoms with Crippen LogP contribution in [0.4, 0.5) is 0 Å². The highest BCUT2D eigenvalue weighted by Gasteiger charge is 2.14. The van der Waals surface area contributed by atoms with Crippen molar-refractivity contribution in [1.82, 2.24) is 0 Å². The molecule has 1 N–H and O–H groups in total. The van der Waals surface area contributed by atoms with E-state index in [0.29, 0.717) is 11.3 Å². The van der Waals surface area contributed by atoms with Crippen molar-refractivity contribution in [2.75, 3.05) is 0 Å². The molecule has 0 saturated heterocycles. The van der Waals surface area contributed by atoms with E-state index in [9.17, 15) is 5.11 Å². The van der Waals surface area contributed by atoms with Gasteiger partial charge in [0.2, 0.25) is 5.76 Å². The first-order valence-corrected chi connectivity index (χ1v) is 5.26. The Bertz CT molecular complexity index is 778. The van der Waals surface area contributed by atoms with E-state index in [1.165, 1.54) is 0 Å². The van der Waals surface area contributed by atoms with Gasteiger partial charge in [-0.2, -0.15) is 5.26 Å². The fraction of sp³-hybridized carbons (Fsp3) is 0.0714. The van der Waals surface area contributed by atoms with Crippen LogP contribution in [0.15, 0.2) is 34.7 Å². The summed E-state index contributed by atoms with van der Waals surface area (Å²) in [6.07, 6.45) is 0. The molecule has 0 aliphatic carbocycles. The minimum absolute atomic E-state index is 0.210. The summed E-state index contributed by atoms with van der Waals surface area (Å²) in [5.41, 5.74) is 1.43. The van der Waals surface area contributed by atoms with Gasteiger partial charge in [-0.1, -0.05) is 24.3 Å². The normalized spacial score (nSPS) is 10.8. The third-order valence-electron chi connectivity index (χ3n) is 3.02. The Morgan fingerprint density at radius 3 is 2.59 bits per heavy atom. The number of furan rings is 1. The van der Waals surface area contributed by atoms with Crippen LogP contribution >= 0.6 is 0 Å². The Morgan fingerprint density at radius 2 is 1.88 bits per heavy atom. The Labute approximate surface area is 97.5 Å². The topological polar surface area (TPSA) is 57.2 Å². The molecule has 3 nitrogen and oxygen atoms in total. The lowest BCUT2D eigenvalue weighted by Gasteiger charge is -2.01. The Kier molecular flexibility index (Phi) is 1.87. The standard InChI is InChI=1S/C14H9NO2/c1-8-11-6-12(16)9-4-2-3-5-10(9)14(11)17-13(8)7-15/h2-6,16H,1H3. The minimum Gasteiger partial charge on any atom is -0.507 e. The molecule has 0 saturated carbocycles. The maximum atomic E-state index is 9.95. The third kappa shape index (κ3) is 1.21. The lowest BCUT2D eigenvalue weighted by atomic mass is 10.0. The van der Waals surface area contributed by atoms with Crippen molar-refractivity contribution >= 4 is 21.7 Å². The lowest BCUT2D eigenvalue weighted by Crippen LogP contribution is -1.76. The number of benzene rings is 2. The van der Waals surface area contributed by atoms with Gasteiger partial charge in [-0.3, -0.25) is 0 Å². The van der Waals surface area contributed by atoms with Gasteiger partial charge in [0.1, 0.15) is 17.4 Å². The molecular weight excluding hydrogens is 214 g/mol. The van der Waals surface area contributed by atoms with E-state index in [0.717, 1.165) is 21.7 Å². The summed E-state index contributed by atoms with van der Waals surface area (Å²) >= 11 is 0. The predicted octanol–water partition coefficient (Wildman–Crippen LogP) is 3.47. The van der Waals surface area contributed by atoms with Gasteiger partial charge in [-0.25, -0.2) is 0 Å². The molecular formula is C14H9NO2. The number of aromatic hydroxyl groups is 1. The van der Waals surface area contributed by atoms with Crippen molar-refractivity contribution in [3.63, 3.8) is 0 Å². The molecule has 2 aromatic carbocycles. The van der Waals surface area contributed by atoms with Crippen LogP contribution in [0.25, 0.3) is 21.7 Å². The molecule has 0 atom stereocenters. The number of rotatable bonds is 0. The molecule has 3 heteroatoms. The van der Waals surface area contributed by atoms with Gasteiger partial charge >= 0.3 is 0 Å². The number of fused-ring (bicyclic) bond motifs is 3. The number of hydrogen-bond donors (Lipinski definition) is 1. The summed E-state index contributed by atoms with van der Waals surface area (Å²) in [6.45, 7) is 1.82. The fourth-order valence-corrected chi connectivity index (χ4v) is 2.13. The Hall–Kier alpha value is -2.47. The average Bonchev–Trinajstić information content (AvgIpc) is 2.67. The zero-order chi connectivity index (χ0) is 12.0. The Morgan fingerprint density at radius 1 is 1.18 bits per heavy atom. The van der Waals surface area contributed by atoms with Crippen molar-refractivity contribution in [2.45, 2.75) is 6.92 Å². The summed E-state index contributed by atoms with van der Waals surface area (Å²) < 4.78 is 5.54. The summed E-state index contributed by atoms with van der Waals surface area (Å²) in [5, 5.41) is 21.3. The summed E-state index contributed by atoms with van der Waals surface area (Å²) in [7, 11) is 0. The summed E-state index contributed by atoms with van der Waals surface area (Å²) in [4.78, 5) is 0. The maximum absolute atomic E-state index is 9.95. The van der Waals surface area contributed by atoms with E-state index in [-0.39, 0.29) is 5.75 Å². The van der Waals surface area contributed by atoms with Crippen molar-refractivity contribution < 1.29 is 9.52 Å². The van der Waals surface area contributed by atoms with Gasteiger partial charge in [0, 0.05) is 21.7 Å². The van der Waals surface area contributed by atoms with Gasteiger partial charge in [0.25, 0.3) is 0 Å². The van der Waals surface area contributed by atoms with Crippen LogP contribution in [0, 0.1) is 18.3 Å². The van der Waals surface area contributed by atoms with Crippen LogP contribution < -0.4 is 0 Å². The minimum atomic E-state index is 0.210. The molecule has 0 spiro atoms. The summed E-state index contributed by atoms with van der Waals surface area (Å²) in [6, 6.07) is 11.1. The maximum Gasteiger partial charge on any atom is 0.207 e. The third-order valence-corrected chi connectivity index (χ3v) is 3.02. The molecule has 17 heavy (non-hydrogen) atoms. The van der Waals surface area contributed by atoms with Gasteiger partial charge in [0.15, 0.2) is 0 Å². The quantitative estimate of drug-likeness (QED) is 0.634. The van der Waals surface area contributed by atoms with Crippen molar-refractivity contribution in [3.05, 3.63) is 41.7 Å². The molecule has 0 aliphatic rings. The van der Waals surface area contributed by atoms with E-state index in [4.69, 9.17) is 9.68 Å². The van der Waals surface area contributed by atoms with Crippen LogP contribution in [-0.2, 0) is 0 Å². The number of hydrogen-bond acceptors (Lipinski definition) is 3. The van der Waals surface area contributed by atoms with Crippen LogP contribution in [0.5, 0.6) is 5.75 Å². The molecule has 3 aromatic rings. The zero-order valence-corrected chi connectivity index (χ0v) is 9.19. The molecule has 0 amide bonds. The SMILES string of the molecule is Cc1c(C#N)oc2c1cc(O)c1ccccc12. The molecule has 0 fully saturated rings. The molecule has 0 bridgehead atoms. The number of nitriles is 1. The summed E-state index contributed by atoms with van der Waals surface area (Å²) in [5.74, 6) is 0.511. The fourth-order valence-electron chi connectivity index (χ4n) is 2.13. The first kappa shape index (κ1) is 9.73. The average molecular weight is 223 g/mol. The first-order valence-electron chi connectivity index (χ1n) is 5.26. The second-order valence-corrected chi connectivity index (χ2v) is 3.99. The van der Waals surface area contributed by atoms with Crippen molar-refractivity contribution in [1.29, 1.82) is 5.26 Å². The molecule has 3 rings (SSSR count). The number of phenols is 1. The lowest BCUT2D eigenvalue weighted by molar-refractivity contribution is 0.482. The largest absolute Gasteiger partial charge is 0.507 e. The van der Waals surface area contributed by atoms with E-state index in [1.807, 2.05) is 37.3 Å². The van der Waals surface area contributed by atoms with E-state index >= 15 is 0 Å². The van der Waals surface area contributed by atoms with E-state index in [1.54, 1.807) is 6.07 Å². The molecule has 1 heterocycles. The van der Waals surface area contributed by atoms with Crippen LogP contribution in [-0.4, -0.2) is 5.11 Å². The molecule has 1 aromatic heterocycles. The smallest absolute Gasteiger partial charge is 0.207 e. The first-order chi connectivity index (χ1) is 8.22. The Balaban J connectivity index is 2.62. The number of nitrogens with zero attached hydrogens (tertiary/aromatic N) is 1. The highest BCUT2D eigenvalue weighted by Crippen LogP contribution is 2.36. The number of aryl methyl sites for hydroxylation is 1. The van der Waals surface area contributed by atoms with Crippen LogP contribution in [0.1, 0.15) is 11.3 Å². The van der Waals surface area contributed by atoms with Crippen LogP contribution in [0.2, 0.25) is 0 Å². The predicted molar refractivity (Wildman–Crippen MR) is 64.8 cm³/mol. The highest BCUT2D eigenvalue weighted by atomic mass is 16.3. The van der Waals surface area contributed by atoms with Crippen molar-refractivity contribution in [2.24, 2.45) is 0 Å². The molecule has 0 aliphatic heterocycles. The molecule has 0 radical (unpaired) electrons. The van der Waals surface area contributed by atoms with Gasteiger partial charge < -0.3 is 9.52 Å². The molecule has 0 unspecified atom stereocenters. The second-order valence-electron chi connectivity index (χ2n) is 3.99.